The highest BCUT2D eigenvalue weighted by atomic mass is 32.1. The van der Waals surface area contributed by atoms with Gasteiger partial charge in [0.2, 0.25) is 0 Å². The summed E-state index contributed by atoms with van der Waals surface area (Å²) in [6.07, 6.45) is 3.98. The molecule has 3 rings (SSSR count). The average molecular weight is 277 g/mol. The molecule has 19 heavy (non-hydrogen) atoms. The van der Waals surface area contributed by atoms with Gasteiger partial charge in [-0.15, -0.1) is 11.3 Å². The zero-order chi connectivity index (χ0) is 13.2. The highest BCUT2D eigenvalue weighted by Gasteiger charge is 2.19. The Morgan fingerprint density at radius 3 is 3.00 bits per heavy atom. The average Bonchev–Trinajstić information content (AvgIpc) is 2.83. The van der Waals surface area contributed by atoms with Crippen molar-refractivity contribution < 1.29 is 9.13 Å². The number of ether oxygens (including phenoxy) is 1. The molecule has 1 aromatic heterocycles. The third-order valence-corrected chi connectivity index (χ3v) is 4.57. The lowest BCUT2D eigenvalue weighted by atomic mass is 10.0. The highest BCUT2D eigenvalue weighted by molar-refractivity contribution is 7.19. The van der Waals surface area contributed by atoms with E-state index in [0.717, 1.165) is 29.5 Å². The van der Waals surface area contributed by atoms with Crippen LogP contribution in [-0.2, 0) is 4.74 Å². The van der Waals surface area contributed by atoms with Crippen molar-refractivity contribution in [1.82, 2.24) is 5.32 Å². The van der Waals surface area contributed by atoms with E-state index in [1.54, 1.807) is 17.4 Å². The summed E-state index contributed by atoms with van der Waals surface area (Å²) in [5.41, 5.74) is 1.26. The molecule has 0 spiro atoms. The van der Waals surface area contributed by atoms with E-state index in [9.17, 15) is 4.39 Å². The minimum Gasteiger partial charge on any atom is -0.501 e. The number of halogens is 1. The molecule has 2 aromatic rings. The van der Waals surface area contributed by atoms with Crippen LogP contribution < -0.4 is 5.32 Å². The molecule has 1 aliphatic heterocycles. The minimum atomic E-state index is -0.179. The summed E-state index contributed by atoms with van der Waals surface area (Å²) >= 11 is 1.64. The van der Waals surface area contributed by atoms with Gasteiger partial charge in [-0.05, 0) is 49.0 Å². The van der Waals surface area contributed by atoms with E-state index < -0.39 is 0 Å². The molecule has 1 aliphatic rings. The third kappa shape index (κ3) is 2.51. The number of fused-ring (bicyclic) bond motifs is 1. The predicted molar refractivity (Wildman–Crippen MR) is 76.9 cm³/mol. The fraction of sp³-hybridized carbons (Fsp3) is 0.333. The van der Waals surface area contributed by atoms with E-state index in [0.29, 0.717) is 0 Å². The summed E-state index contributed by atoms with van der Waals surface area (Å²) in [5.74, 6) is -0.179. The molecule has 0 aliphatic carbocycles. The molecule has 1 atom stereocenters. The van der Waals surface area contributed by atoms with Crippen molar-refractivity contribution in [2.45, 2.75) is 18.9 Å². The van der Waals surface area contributed by atoms with Gasteiger partial charge in [0.15, 0.2) is 0 Å². The number of benzene rings is 1. The van der Waals surface area contributed by atoms with Gasteiger partial charge in [-0.3, -0.25) is 0 Å². The largest absolute Gasteiger partial charge is 0.501 e. The van der Waals surface area contributed by atoms with Gasteiger partial charge in [0, 0.05) is 9.58 Å². The smallest absolute Gasteiger partial charge is 0.124 e. The maximum Gasteiger partial charge on any atom is 0.124 e. The Morgan fingerprint density at radius 1 is 1.37 bits per heavy atom. The van der Waals surface area contributed by atoms with Crippen molar-refractivity contribution >= 4 is 21.4 Å². The quantitative estimate of drug-likeness (QED) is 0.915. The molecule has 4 heteroatoms. The lowest BCUT2D eigenvalue weighted by molar-refractivity contribution is 0.220. The second-order valence-corrected chi connectivity index (χ2v) is 5.84. The van der Waals surface area contributed by atoms with Crippen molar-refractivity contribution in [1.29, 1.82) is 0 Å². The van der Waals surface area contributed by atoms with E-state index in [2.05, 4.69) is 11.4 Å². The van der Waals surface area contributed by atoms with Gasteiger partial charge in [-0.1, -0.05) is 6.07 Å². The van der Waals surface area contributed by atoms with Crippen LogP contribution in [0, 0.1) is 5.82 Å². The zero-order valence-electron chi connectivity index (χ0n) is 10.8. The molecular weight excluding hydrogens is 261 g/mol. The lowest BCUT2D eigenvalue weighted by Gasteiger charge is -2.21. The number of hydrogen-bond acceptors (Lipinski definition) is 3. The molecule has 0 saturated heterocycles. The Morgan fingerprint density at radius 2 is 2.26 bits per heavy atom. The molecule has 100 valence electrons. The predicted octanol–water partition coefficient (Wildman–Crippen LogP) is 4.00. The van der Waals surface area contributed by atoms with E-state index in [1.807, 2.05) is 19.4 Å². The van der Waals surface area contributed by atoms with Crippen LogP contribution in [0.15, 0.2) is 36.1 Å². The Bertz CT molecular complexity index is 620. The van der Waals surface area contributed by atoms with Gasteiger partial charge in [0.25, 0.3) is 0 Å². The topological polar surface area (TPSA) is 21.3 Å². The summed E-state index contributed by atoms with van der Waals surface area (Å²) in [7, 11) is 1.95. The first-order valence-corrected chi connectivity index (χ1v) is 7.26. The Labute approximate surface area is 115 Å². The number of hydrogen-bond donors (Lipinski definition) is 1. The van der Waals surface area contributed by atoms with Crippen molar-refractivity contribution in [2.24, 2.45) is 0 Å². The molecule has 0 amide bonds. The van der Waals surface area contributed by atoms with Crippen LogP contribution >= 0.6 is 11.3 Å². The summed E-state index contributed by atoms with van der Waals surface area (Å²) < 4.78 is 19.7. The molecule has 0 bridgehead atoms. The SMILES string of the molecule is CNC(C1=COCCC1)c1cc2ccc(F)cc2s1. The van der Waals surface area contributed by atoms with Gasteiger partial charge in [0.1, 0.15) is 5.82 Å². The second-order valence-electron chi connectivity index (χ2n) is 4.72. The number of nitrogens with one attached hydrogen (secondary N) is 1. The van der Waals surface area contributed by atoms with Gasteiger partial charge in [-0.2, -0.15) is 0 Å². The van der Waals surface area contributed by atoms with Crippen LogP contribution in [0.4, 0.5) is 4.39 Å². The second kappa shape index (κ2) is 5.31. The van der Waals surface area contributed by atoms with Gasteiger partial charge in [-0.25, -0.2) is 4.39 Å². The Hall–Kier alpha value is -1.39. The molecule has 2 heterocycles. The number of likely N-dealkylation sites (N-methyl/N-ethyl adjacent to an activating group) is 1. The number of thiophene rings is 1. The molecular formula is C15H16FNOS. The molecule has 1 N–H and O–H groups in total. The van der Waals surface area contributed by atoms with E-state index >= 15 is 0 Å². The Kier molecular flexibility index (Phi) is 3.53. The molecule has 0 radical (unpaired) electrons. The van der Waals surface area contributed by atoms with Crippen molar-refractivity contribution in [3.8, 4) is 0 Å². The number of rotatable bonds is 3. The maximum absolute atomic E-state index is 13.2. The Balaban J connectivity index is 1.98. The highest BCUT2D eigenvalue weighted by Crippen LogP contribution is 2.35. The molecule has 1 aromatic carbocycles. The first-order valence-electron chi connectivity index (χ1n) is 6.45. The van der Waals surface area contributed by atoms with Crippen LogP contribution in [0.3, 0.4) is 0 Å². The fourth-order valence-corrected chi connectivity index (χ4v) is 3.72. The van der Waals surface area contributed by atoms with E-state index in [4.69, 9.17) is 4.74 Å². The summed E-state index contributed by atoms with van der Waals surface area (Å²) in [5, 5.41) is 4.43. The lowest BCUT2D eigenvalue weighted by Crippen LogP contribution is -2.19. The minimum absolute atomic E-state index is 0.167. The van der Waals surface area contributed by atoms with Gasteiger partial charge < -0.3 is 10.1 Å². The van der Waals surface area contributed by atoms with Crippen LogP contribution in [0.1, 0.15) is 23.8 Å². The van der Waals surface area contributed by atoms with Crippen molar-refractivity contribution in [3.63, 3.8) is 0 Å². The van der Waals surface area contributed by atoms with Gasteiger partial charge in [0.05, 0.1) is 18.9 Å². The third-order valence-electron chi connectivity index (χ3n) is 3.41. The van der Waals surface area contributed by atoms with E-state index in [1.165, 1.54) is 16.5 Å². The van der Waals surface area contributed by atoms with Crippen molar-refractivity contribution in [3.05, 3.63) is 46.8 Å². The summed E-state index contributed by atoms with van der Waals surface area (Å²) in [6, 6.07) is 7.25. The monoisotopic (exact) mass is 277 g/mol. The van der Waals surface area contributed by atoms with E-state index in [-0.39, 0.29) is 11.9 Å². The summed E-state index contributed by atoms with van der Waals surface area (Å²) in [6.45, 7) is 0.803. The fourth-order valence-electron chi connectivity index (χ4n) is 2.48. The molecule has 0 saturated carbocycles. The molecule has 2 nitrogen and oxygen atoms in total. The molecule has 0 fully saturated rings. The maximum atomic E-state index is 13.2. The van der Waals surface area contributed by atoms with Crippen LogP contribution in [0.2, 0.25) is 0 Å². The van der Waals surface area contributed by atoms with Crippen LogP contribution in [0.25, 0.3) is 10.1 Å². The normalized spacial score (nSPS) is 17.1. The summed E-state index contributed by atoms with van der Waals surface area (Å²) in [4.78, 5) is 1.21. The standard InChI is InChI=1S/C15H16FNOS/c1-17-15(11-3-2-6-18-9-11)14-7-10-4-5-12(16)8-13(10)19-14/h4-5,7-9,15,17H,2-3,6H2,1H3. The van der Waals surface area contributed by atoms with Gasteiger partial charge >= 0.3 is 0 Å². The first kappa shape index (κ1) is 12.6. The van der Waals surface area contributed by atoms with Crippen LogP contribution in [0.5, 0.6) is 0 Å². The first-order chi connectivity index (χ1) is 9.28. The van der Waals surface area contributed by atoms with Crippen LogP contribution in [-0.4, -0.2) is 13.7 Å². The zero-order valence-corrected chi connectivity index (χ0v) is 11.6. The molecule has 1 unspecified atom stereocenters. The van der Waals surface area contributed by atoms with Crippen molar-refractivity contribution in [2.75, 3.05) is 13.7 Å².